The first-order chi connectivity index (χ1) is 13.8. The predicted molar refractivity (Wildman–Crippen MR) is 115 cm³/mol. The number of benzene rings is 2. The summed E-state index contributed by atoms with van der Waals surface area (Å²) < 4.78 is 10.8. The third kappa shape index (κ3) is 7.48. The summed E-state index contributed by atoms with van der Waals surface area (Å²) >= 11 is 0. The quantitative estimate of drug-likeness (QED) is 0.431. The largest absolute Gasteiger partial charge is 0.496 e. The molecule has 0 aliphatic carbocycles. The van der Waals surface area contributed by atoms with Crippen molar-refractivity contribution in [2.24, 2.45) is 5.73 Å². The molecule has 0 radical (unpaired) electrons. The van der Waals surface area contributed by atoms with E-state index in [1.54, 1.807) is 14.2 Å². The maximum Gasteiger partial charge on any atom is 0.123 e. The zero-order valence-electron chi connectivity index (χ0n) is 17.1. The molecule has 4 N–H and O–H groups in total. The number of methoxy groups -OCH3 is 2. The van der Waals surface area contributed by atoms with Gasteiger partial charge in [-0.15, -0.1) is 0 Å². The lowest BCUT2D eigenvalue weighted by atomic mass is 10.2. The number of nitrogens with zero attached hydrogens (tertiary/aromatic N) is 1. The molecule has 0 aromatic heterocycles. The molecule has 0 atom stereocenters. The summed E-state index contributed by atoms with van der Waals surface area (Å²) in [7, 11) is 3.42. The van der Waals surface area contributed by atoms with Crippen molar-refractivity contribution >= 4 is 0 Å². The van der Waals surface area contributed by atoms with Crippen LogP contribution >= 0.6 is 0 Å². The molecular weight excluding hydrogens is 352 g/mol. The molecule has 0 spiro atoms. The number of ether oxygens (including phenoxy) is 2. The van der Waals surface area contributed by atoms with Gasteiger partial charge >= 0.3 is 0 Å². The van der Waals surface area contributed by atoms with Crippen LogP contribution < -0.4 is 25.8 Å². The highest BCUT2D eigenvalue weighted by Crippen LogP contribution is 2.19. The van der Waals surface area contributed by atoms with Crippen molar-refractivity contribution in [3.8, 4) is 11.5 Å². The molecule has 6 heteroatoms. The molecular formula is C22H34N4O2. The monoisotopic (exact) mass is 386 g/mol. The Kier molecular flexibility index (Phi) is 10.4. The van der Waals surface area contributed by atoms with Crippen molar-refractivity contribution in [3.63, 3.8) is 0 Å². The van der Waals surface area contributed by atoms with E-state index in [2.05, 4.69) is 27.7 Å². The van der Waals surface area contributed by atoms with Gasteiger partial charge < -0.3 is 25.8 Å². The number of hydrogen-bond acceptors (Lipinski definition) is 6. The van der Waals surface area contributed by atoms with Crippen LogP contribution in [0.4, 0.5) is 0 Å². The molecule has 0 saturated heterocycles. The van der Waals surface area contributed by atoms with Gasteiger partial charge in [-0.05, 0) is 12.1 Å². The molecule has 2 aromatic rings. The van der Waals surface area contributed by atoms with Crippen LogP contribution in [0.1, 0.15) is 11.1 Å². The highest BCUT2D eigenvalue weighted by Gasteiger charge is 2.08. The van der Waals surface area contributed by atoms with E-state index in [0.717, 1.165) is 57.3 Å². The molecule has 0 saturated carbocycles. The fourth-order valence-corrected chi connectivity index (χ4v) is 3.14. The van der Waals surface area contributed by atoms with Crippen LogP contribution in [0, 0.1) is 0 Å². The highest BCUT2D eigenvalue weighted by molar-refractivity contribution is 5.33. The summed E-state index contributed by atoms with van der Waals surface area (Å²) in [5.74, 6) is 1.86. The zero-order chi connectivity index (χ0) is 20.0. The van der Waals surface area contributed by atoms with Crippen molar-refractivity contribution in [1.82, 2.24) is 15.5 Å². The van der Waals surface area contributed by atoms with Crippen molar-refractivity contribution < 1.29 is 9.47 Å². The molecule has 0 heterocycles. The first-order valence-electron chi connectivity index (χ1n) is 9.86. The summed E-state index contributed by atoms with van der Waals surface area (Å²) in [5.41, 5.74) is 8.16. The van der Waals surface area contributed by atoms with E-state index in [1.165, 1.54) is 11.1 Å². The van der Waals surface area contributed by atoms with Gasteiger partial charge in [-0.25, -0.2) is 0 Å². The SMILES string of the molecule is COc1ccccc1CNCCNCCN(CCN)Cc1ccccc1OC. The molecule has 2 aromatic carbocycles. The van der Waals surface area contributed by atoms with Gasteiger partial charge in [-0.2, -0.15) is 0 Å². The average molecular weight is 387 g/mol. The van der Waals surface area contributed by atoms with Crippen molar-refractivity contribution in [1.29, 1.82) is 0 Å². The lowest BCUT2D eigenvalue weighted by Gasteiger charge is -2.23. The zero-order valence-corrected chi connectivity index (χ0v) is 17.1. The summed E-state index contributed by atoms with van der Waals surface area (Å²) in [5, 5.41) is 6.95. The van der Waals surface area contributed by atoms with Gasteiger partial charge in [0.1, 0.15) is 11.5 Å². The minimum atomic E-state index is 0.648. The minimum Gasteiger partial charge on any atom is -0.496 e. The van der Waals surface area contributed by atoms with Crippen LogP contribution in [0.2, 0.25) is 0 Å². The molecule has 0 amide bonds. The maximum absolute atomic E-state index is 5.79. The Bertz CT molecular complexity index is 681. The van der Waals surface area contributed by atoms with Crippen LogP contribution in [-0.4, -0.2) is 58.4 Å². The smallest absolute Gasteiger partial charge is 0.123 e. The molecule has 0 bridgehead atoms. The fourth-order valence-electron chi connectivity index (χ4n) is 3.14. The molecule has 154 valence electrons. The number of para-hydroxylation sites is 2. The van der Waals surface area contributed by atoms with E-state index in [-0.39, 0.29) is 0 Å². The van der Waals surface area contributed by atoms with Crippen molar-refractivity contribution in [3.05, 3.63) is 59.7 Å². The topological polar surface area (TPSA) is 71.8 Å². The molecule has 0 aliphatic rings. The molecule has 0 unspecified atom stereocenters. The van der Waals surface area contributed by atoms with E-state index < -0.39 is 0 Å². The standard InChI is InChI=1S/C22H34N4O2/c1-27-21-9-5-3-7-19(21)17-25-13-12-24-14-16-26(15-11-23)18-20-8-4-6-10-22(20)28-2/h3-10,24-25H,11-18,23H2,1-2H3. The van der Waals surface area contributed by atoms with E-state index in [4.69, 9.17) is 15.2 Å². The van der Waals surface area contributed by atoms with Gasteiger partial charge in [0.2, 0.25) is 0 Å². The summed E-state index contributed by atoms with van der Waals surface area (Å²) in [6.45, 7) is 6.85. The third-order valence-corrected chi connectivity index (χ3v) is 4.62. The summed E-state index contributed by atoms with van der Waals surface area (Å²) in [4.78, 5) is 2.35. The summed E-state index contributed by atoms with van der Waals surface area (Å²) in [6.07, 6.45) is 0. The normalized spacial score (nSPS) is 11.0. The Labute approximate surface area is 169 Å². The Balaban J connectivity index is 1.66. The first-order valence-corrected chi connectivity index (χ1v) is 9.86. The second kappa shape index (κ2) is 13.1. The van der Waals surface area contributed by atoms with Crippen molar-refractivity contribution in [2.75, 3.05) is 53.5 Å². The summed E-state index contributed by atoms with van der Waals surface area (Å²) in [6, 6.07) is 16.2. The van der Waals surface area contributed by atoms with Gasteiger partial charge in [-0.1, -0.05) is 36.4 Å². The van der Waals surface area contributed by atoms with Gasteiger partial charge in [0, 0.05) is 63.5 Å². The lowest BCUT2D eigenvalue weighted by Crippen LogP contribution is -2.37. The number of rotatable bonds is 14. The third-order valence-electron chi connectivity index (χ3n) is 4.62. The fraction of sp³-hybridized carbons (Fsp3) is 0.455. The Morgan fingerprint density at radius 3 is 2.07 bits per heavy atom. The van der Waals surface area contributed by atoms with E-state index in [9.17, 15) is 0 Å². The highest BCUT2D eigenvalue weighted by atomic mass is 16.5. The second-order valence-electron chi connectivity index (χ2n) is 6.62. The van der Waals surface area contributed by atoms with Crippen LogP contribution in [0.5, 0.6) is 11.5 Å². The Hall–Kier alpha value is -2.12. The number of nitrogens with two attached hydrogens (primary N) is 1. The minimum absolute atomic E-state index is 0.648. The average Bonchev–Trinajstić information content (AvgIpc) is 2.73. The van der Waals surface area contributed by atoms with Crippen LogP contribution in [0.15, 0.2) is 48.5 Å². The molecule has 6 nitrogen and oxygen atoms in total. The lowest BCUT2D eigenvalue weighted by molar-refractivity contribution is 0.267. The van der Waals surface area contributed by atoms with E-state index in [0.29, 0.717) is 6.54 Å². The number of nitrogens with one attached hydrogen (secondary N) is 2. The van der Waals surface area contributed by atoms with Gasteiger partial charge in [-0.3, -0.25) is 4.90 Å². The Morgan fingerprint density at radius 1 is 0.786 bits per heavy atom. The van der Waals surface area contributed by atoms with Gasteiger partial charge in [0.25, 0.3) is 0 Å². The second-order valence-corrected chi connectivity index (χ2v) is 6.62. The van der Waals surface area contributed by atoms with Gasteiger partial charge in [0.05, 0.1) is 14.2 Å². The van der Waals surface area contributed by atoms with Crippen LogP contribution in [0.25, 0.3) is 0 Å². The van der Waals surface area contributed by atoms with Crippen molar-refractivity contribution in [2.45, 2.75) is 13.1 Å². The molecule has 28 heavy (non-hydrogen) atoms. The molecule has 2 rings (SSSR count). The molecule has 0 fully saturated rings. The van der Waals surface area contributed by atoms with E-state index in [1.807, 2.05) is 36.4 Å². The predicted octanol–water partition coefficient (Wildman–Crippen LogP) is 1.84. The Morgan fingerprint density at radius 2 is 1.39 bits per heavy atom. The molecule has 0 aliphatic heterocycles. The van der Waals surface area contributed by atoms with Crippen LogP contribution in [0.3, 0.4) is 0 Å². The number of hydrogen-bond donors (Lipinski definition) is 3. The maximum atomic E-state index is 5.79. The van der Waals surface area contributed by atoms with Crippen LogP contribution in [-0.2, 0) is 13.1 Å². The van der Waals surface area contributed by atoms with E-state index >= 15 is 0 Å². The van der Waals surface area contributed by atoms with Gasteiger partial charge in [0.15, 0.2) is 0 Å². The first kappa shape index (κ1) is 22.2.